The Bertz CT molecular complexity index is 773. The van der Waals surface area contributed by atoms with Crippen LogP contribution in [0.15, 0.2) is 24.3 Å². The molecule has 2 aliphatic rings. The molecule has 1 aliphatic carbocycles. The fourth-order valence-electron chi connectivity index (χ4n) is 5.36. The second-order valence-corrected chi connectivity index (χ2v) is 11.8. The Hall–Kier alpha value is -1.07. The second kappa shape index (κ2) is 10.5. The summed E-state index contributed by atoms with van der Waals surface area (Å²) in [5.74, 6) is 0.484. The quantitative estimate of drug-likeness (QED) is 0.489. The van der Waals surface area contributed by atoms with E-state index in [2.05, 4.69) is 42.5 Å². The van der Waals surface area contributed by atoms with Gasteiger partial charge in [0.05, 0.1) is 10.9 Å². The van der Waals surface area contributed by atoms with Gasteiger partial charge in [-0.15, -0.1) is 0 Å². The Balaban J connectivity index is 1.71. The maximum Gasteiger partial charge on any atom is 0.235 e. The first kappa shape index (κ1) is 23.6. The van der Waals surface area contributed by atoms with Gasteiger partial charge in [0.1, 0.15) is 0 Å². The molecule has 1 aliphatic heterocycles. The van der Waals surface area contributed by atoms with E-state index in [-0.39, 0.29) is 10.7 Å². The van der Waals surface area contributed by atoms with Crippen LogP contribution in [0.2, 0.25) is 0 Å². The number of benzene rings is 1. The Morgan fingerprint density at radius 3 is 2.53 bits per heavy atom. The van der Waals surface area contributed by atoms with E-state index in [0.29, 0.717) is 5.92 Å². The molecule has 1 saturated carbocycles. The Kier molecular flexibility index (Phi) is 8.25. The Morgan fingerprint density at radius 1 is 1.10 bits per heavy atom. The van der Waals surface area contributed by atoms with E-state index in [9.17, 15) is 8.42 Å². The summed E-state index contributed by atoms with van der Waals surface area (Å²) in [5.41, 5.74) is 1.96. The molecule has 30 heavy (non-hydrogen) atoms. The van der Waals surface area contributed by atoms with Gasteiger partial charge in [-0.25, -0.2) is 8.42 Å². The van der Waals surface area contributed by atoms with Gasteiger partial charge in [-0.1, -0.05) is 77.5 Å². The van der Waals surface area contributed by atoms with E-state index in [1.165, 1.54) is 37.8 Å². The molecule has 5 heteroatoms. The standard InChI is InChI=1S/C25H42N2O2S/c1-4-5-6-12-18-27-19-17-25(3,21(2)20-27)23-15-10-11-16-24(23)26-30(28,29)22-13-8-7-9-14-22/h10-11,15-16,21-22,26H,4-9,12-14,17-20H2,1-3H3. The monoisotopic (exact) mass is 434 g/mol. The number of unbranched alkanes of at least 4 members (excludes halogenated alkanes) is 3. The maximum atomic E-state index is 13.1. The third kappa shape index (κ3) is 5.59. The van der Waals surface area contributed by atoms with Crippen molar-refractivity contribution in [3.05, 3.63) is 29.8 Å². The van der Waals surface area contributed by atoms with Gasteiger partial charge in [-0.3, -0.25) is 4.72 Å². The number of nitrogens with one attached hydrogen (secondary N) is 1. The number of para-hydroxylation sites is 1. The number of rotatable bonds is 9. The lowest BCUT2D eigenvalue weighted by molar-refractivity contribution is 0.110. The van der Waals surface area contributed by atoms with Gasteiger partial charge in [-0.2, -0.15) is 0 Å². The van der Waals surface area contributed by atoms with Crippen LogP contribution in [0.25, 0.3) is 0 Å². The molecule has 1 aromatic carbocycles. The summed E-state index contributed by atoms with van der Waals surface area (Å²) in [4.78, 5) is 2.61. The average molecular weight is 435 g/mol. The SMILES string of the molecule is CCCCCCN1CCC(C)(c2ccccc2NS(=O)(=O)C2CCCCC2)C(C)C1. The van der Waals surface area contributed by atoms with Gasteiger partial charge >= 0.3 is 0 Å². The van der Waals surface area contributed by atoms with Crippen molar-refractivity contribution in [3.8, 4) is 0 Å². The van der Waals surface area contributed by atoms with Crippen molar-refractivity contribution in [1.29, 1.82) is 0 Å². The second-order valence-electron chi connectivity index (χ2n) is 9.88. The minimum absolute atomic E-state index is 0.00834. The number of anilines is 1. The van der Waals surface area contributed by atoms with Crippen LogP contribution in [0.3, 0.4) is 0 Å². The molecule has 1 saturated heterocycles. The molecule has 2 atom stereocenters. The summed E-state index contributed by atoms with van der Waals surface area (Å²) in [6.45, 7) is 10.3. The predicted octanol–water partition coefficient (Wildman–Crippen LogP) is 5.94. The smallest absolute Gasteiger partial charge is 0.235 e. The molecule has 170 valence electrons. The molecule has 0 aromatic heterocycles. The van der Waals surface area contributed by atoms with Crippen molar-refractivity contribution in [2.24, 2.45) is 5.92 Å². The first-order valence-corrected chi connectivity index (χ1v) is 13.7. The number of hydrogen-bond donors (Lipinski definition) is 1. The van der Waals surface area contributed by atoms with Crippen molar-refractivity contribution in [2.75, 3.05) is 24.4 Å². The van der Waals surface area contributed by atoms with E-state index < -0.39 is 10.0 Å². The van der Waals surface area contributed by atoms with Crippen molar-refractivity contribution in [1.82, 2.24) is 4.90 Å². The number of piperidine rings is 1. The number of likely N-dealkylation sites (tertiary alicyclic amines) is 1. The molecule has 0 spiro atoms. The lowest BCUT2D eigenvalue weighted by Crippen LogP contribution is -2.47. The zero-order chi connectivity index (χ0) is 21.6. The third-order valence-electron chi connectivity index (χ3n) is 7.68. The van der Waals surface area contributed by atoms with Gasteiger partial charge in [0.2, 0.25) is 10.0 Å². The van der Waals surface area contributed by atoms with Crippen LogP contribution in [-0.2, 0) is 15.4 Å². The van der Waals surface area contributed by atoms with Crippen LogP contribution >= 0.6 is 0 Å². The molecule has 1 N–H and O–H groups in total. The molecule has 2 unspecified atom stereocenters. The fraction of sp³-hybridized carbons (Fsp3) is 0.760. The molecule has 1 aromatic rings. The highest BCUT2D eigenvalue weighted by atomic mass is 32.2. The summed E-state index contributed by atoms with van der Waals surface area (Å²) < 4.78 is 29.2. The van der Waals surface area contributed by atoms with Gasteiger partial charge in [-0.05, 0) is 61.7 Å². The average Bonchev–Trinajstić information content (AvgIpc) is 2.74. The highest BCUT2D eigenvalue weighted by Gasteiger charge is 2.40. The zero-order valence-corrected chi connectivity index (χ0v) is 20.1. The Morgan fingerprint density at radius 2 is 1.83 bits per heavy atom. The zero-order valence-electron chi connectivity index (χ0n) is 19.3. The van der Waals surface area contributed by atoms with E-state index in [0.717, 1.165) is 57.3 Å². The van der Waals surface area contributed by atoms with Crippen LogP contribution in [0.1, 0.15) is 90.5 Å². The molecule has 2 fully saturated rings. The van der Waals surface area contributed by atoms with Crippen molar-refractivity contribution in [3.63, 3.8) is 0 Å². The van der Waals surface area contributed by atoms with Crippen LogP contribution in [-0.4, -0.2) is 38.2 Å². The van der Waals surface area contributed by atoms with Gasteiger partial charge < -0.3 is 4.90 Å². The summed E-state index contributed by atoms with van der Waals surface area (Å²) >= 11 is 0. The molecule has 3 rings (SSSR count). The number of sulfonamides is 1. The summed E-state index contributed by atoms with van der Waals surface area (Å²) in [6, 6.07) is 8.12. The van der Waals surface area contributed by atoms with Crippen molar-refractivity contribution < 1.29 is 8.42 Å². The van der Waals surface area contributed by atoms with Crippen LogP contribution < -0.4 is 4.72 Å². The van der Waals surface area contributed by atoms with E-state index in [1.54, 1.807) is 0 Å². The summed E-state index contributed by atoms with van der Waals surface area (Å²) in [5, 5.41) is -0.241. The lowest BCUT2D eigenvalue weighted by atomic mass is 9.67. The van der Waals surface area contributed by atoms with E-state index >= 15 is 0 Å². The van der Waals surface area contributed by atoms with Crippen LogP contribution in [0.4, 0.5) is 5.69 Å². The highest BCUT2D eigenvalue weighted by molar-refractivity contribution is 7.93. The molecule has 0 bridgehead atoms. The maximum absolute atomic E-state index is 13.1. The molecule has 0 amide bonds. The molecule has 1 heterocycles. The number of nitrogens with zero attached hydrogens (tertiary/aromatic N) is 1. The minimum Gasteiger partial charge on any atom is -0.303 e. The van der Waals surface area contributed by atoms with Crippen molar-refractivity contribution >= 4 is 15.7 Å². The normalized spacial score (nSPS) is 26.6. The Labute approximate surface area is 184 Å². The molecule has 0 radical (unpaired) electrons. The molecule has 4 nitrogen and oxygen atoms in total. The molecular weight excluding hydrogens is 392 g/mol. The first-order valence-electron chi connectivity index (χ1n) is 12.2. The summed E-state index contributed by atoms with van der Waals surface area (Å²) in [7, 11) is -3.33. The van der Waals surface area contributed by atoms with Crippen LogP contribution in [0, 0.1) is 5.92 Å². The largest absolute Gasteiger partial charge is 0.303 e. The van der Waals surface area contributed by atoms with Crippen molar-refractivity contribution in [2.45, 2.75) is 95.6 Å². The first-order chi connectivity index (χ1) is 14.4. The lowest BCUT2D eigenvalue weighted by Gasteiger charge is -2.46. The molecular formula is C25H42N2O2S. The summed E-state index contributed by atoms with van der Waals surface area (Å²) in [6.07, 6.45) is 11.1. The van der Waals surface area contributed by atoms with E-state index in [4.69, 9.17) is 0 Å². The van der Waals surface area contributed by atoms with Crippen LogP contribution in [0.5, 0.6) is 0 Å². The van der Waals surface area contributed by atoms with Gasteiger partial charge in [0.15, 0.2) is 0 Å². The minimum atomic E-state index is -3.33. The van der Waals surface area contributed by atoms with E-state index in [1.807, 2.05) is 12.1 Å². The number of hydrogen-bond acceptors (Lipinski definition) is 3. The predicted molar refractivity (Wildman–Crippen MR) is 128 cm³/mol. The van der Waals surface area contributed by atoms with Gasteiger partial charge in [0, 0.05) is 6.54 Å². The topological polar surface area (TPSA) is 49.4 Å². The highest BCUT2D eigenvalue weighted by Crippen LogP contribution is 2.43. The van der Waals surface area contributed by atoms with Gasteiger partial charge in [0.25, 0.3) is 0 Å². The fourth-order valence-corrected chi connectivity index (χ4v) is 6.97. The third-order valence-corrected chi connectivity index (χ3v) is 9.53.